The minimum atomic E-state index is -0.241. The number of halogens is 1. The highest BCUT2D eigenvalue weighted by Gasteiger charge is 2.11. The molecule has 0 aliphatic heterocycles. The van der Waals surface area contributed by atoms with Gasteiger partial charge in [-0.05, 0) is 30.5 Å². The zero-order chi connectivity index (χ0) is 14.3. The summed E-state index contributed by atoms with van der Waals surface area (Å²) in [5.74, 6) is -0.240. The van der Waals surface area contributed by atoms with E-state index in [1.165, 1.54) is 6.07 Å². The first-order valence-corrected chi connectivity index (χ1v) is 6.54. The molecule has 0 heterocycles. The van der Waals surface area contributed by atoms with E-state index in [2.05, 4.69) is 0 Å². The molecule has 0 radical (unpaired) electrons. The molecule has 19 heavy (non-hydrogen) atoms. The van der Waals surface area contributed by atoms with Crippen LogP contribution in [0.1, 0.15) is 23.6 Å². The quantitative estimate of drug-likeness (QED) is 0.654. The van der Waals surface area contributed by atoms with E-state index in [1.54, 1.807) is 13.0 Å². The maximum absolute atomic E-state index is 13.4. The summed E-state index contributed by atoms with van der Waals surface area (Å²) in [6.07, 6.45) is 0.655. The van der Waals surface area contributed by atoms with Crippen LogP contribution in [0, 0.1) is 12.7 Å². The van der Waals surface area contributed by atoms with Crippen LogP contribution in [0.4, 0.5) is 4.39 Å². The number of hydrogen-bond acceptors (Lipinski definition) is 4. The number of aliphatic hydroxyl groups is 2. The van der Waals surface area contributed by atoms with Gasteiger partial charge in [0, 0.05) is 25.7 Å². The Balaban J connectivity index is 2.53. The molecule has 0 aliphatic carbocycles. The molecule has 0 bridgehead atoms. The number of hydrogen-bond donors (Lipinski definition) is 3. The van der Waals surface area contributed by atoms with Crippen molar-refractivity contribution < 1.29 is 14.6 Å². The first-order valence-electron chi connectivity index (χ1n) is 6.54. The number of rotatable bonds is 8. The zero-order valence-electron chi connectivity index (χ0n) is 11.3. The van der Waals surface area contributed by atoms with Gasteiger partial charge in [0.25, 0.3) is 0 Å². The first kappa shape index (κ1) is 16.0. The molecule has 0 amide bonds. The topological polar surface area (TPSA) is 69.7 Å². The lowest BCUT2D eigenvalue weighted by Gasteiger charge is -2.22. The van der Waals surface area contributed by atoms with Gasteiger partial charge < -0.3 is 15.9 Å². The summed E-state index contributed by atoms with van der Waals surface area (Å²) in [5.41, 5.74) is 7.42. The first-order chi connectivity index (χ1) is 9.08. The van der Waals surface area contributed by atoms with Crippen molar-refractivity contribution in [1.82, 2.24) is 4.90 Å². The largest absolute Gasteiger partial charge is 0.395 e. The smallest absolute Gasteiger partial charge is 0.126 e. The number of nitrogens with two attached hydrogens (primary N) is 1. The normalized spacial score (nSPS) is 12.9. The predicted molar refractivity (Wildman–Crippen MR) is 73.3 cm³/mol. The van der Waals surface area contributed by atoms with Gasteiger partial charge in [0.1, 0.15) is 5.82 Å². The molecule has 1 atom stereocenters. The summed E-state index contributed by atoms with van der Waals surface area (Å²) in [6.45, 7) is 3.50. The Morgan fingerprint density at radius 2 is 1.84 bits per heavy atom. The van der Waals surface area contributed by atoms with Crippen molar-refractivity contribution in [3.8, 4) is 0 Å². The molecule has 0 fully saturated rings. The van der Waals surface area contributed by atoms with E-state index < -0.39 is 0 Å². The Bertz CT molecular complexity index is 382. The Hall–Kier alpha value is -1.01. The molecule has 0 spiro atoms. The highest BCUT2D eigenvalue weighted by atomic mass is 19.1. The summed E-state index contributed by atoms with van der Waals surface area (Å²) in [7, 11) is 0. The highest BCUT2D eigenvalue weighted by molar-refractivity contribution is 5.25. The van der Waals surface area contributed by atoms with E-state index >= 15 is 0 Å². The summed E-state index contributed by atoms with van der Waals surface area (Å²) in [4.78, 5) is 1.93. The van der Waals surface area contributed by atoms with Gasteiger partial charge in [-0.2, -0.15) is 0 Å². The monoisotopic (exact) mass is 270 g/mol. The molecule has 1 aromatic carbocycles. The minimum absolute atomic E-state index is 0.0500. The molecule has 4 nitrogen and oxygen atoms in total. The van der Waals surface area contributed by atoms with Gasteiger partial charge in [-0.3, -0.25) is 4.90 Å². The second kappa shape index (κ2) is 8.22. The van der Waals surface area contributed by atoms with Crippen LogP contribution >= 0.6 is 0 Å². The molecule has 0 aromatic heterocycles. The van der Waals surface area contributed by atoms with Gasteiger partial charge in [-0.25, -0.2) is 4.39 Å². The maximum Gasteiger partial charge on any atom is 0.126 e. The highest BCUT2D eigenvalue weighted by Crippen LogP contribution is 2.17. The molecule has 1 unspecified atom stereocenters. The van der Waals surface area contributed by atoms with Crippen LogP contribution < -0.4 is 5.73 Å². The third-order valence-corrected chi connectivity index (χ3v) is 3.21. The van der Waals surface area contributed by atoms with Crippen molar-refractivity contribution in [3.63, 3.8) is 0 Å². The molecular weight excluding hydrogens is 247 g/mol. The van der Waals surface area contributed by atoms with Crippen molar-refractivity contribution in [1.29, 1.82) is 0 Å². The van der Waals surface area contributed by atoms with Gasteiger partial charge in [0.15, 0.2) is 0 Å². The van der Waals surface area contributed by atoms with Crippen molar-refractivity contribution in [3.05, 3.63) is 35.1 Å². The Labute approximate surface area is 113 Å². The average molecular weight is 270 g/mol. The summed E-state index contributed by atoms with van der Waals surface area (Å²) >= 11 is 0. The third kappa shape index (κ3) is 5.24. The van der Waals surface area contributed by atoms with Crippen molar-refractivity contribution in [2.24, 2.45) is 5.73 Å². The van der Waals surface area contributed by atoms with Crippen LogP contribution in [0.25, 0.3) is 0 Å². The van der Waals surface area contributed by atoms with E-state index in [-0.39, 0.29) is 25.1 Å². The Morgan fingerprint density at radius 3 is 2.37 bits per heavy atom. The summed E-state index contributed by atoms with van der Waals surface area (Å²) in [6, 6.07) is 4.80. The van der Waals surface area contributed by atoms with E-state index in [0.717, 1.165) is 5.56 Å². The number of nitrogens with zero attached hydrogens (tertiary/aromatic N) is 1. The SMILES string of the molecule is Cc1ccc(C(N)CCN(CCO)CCO)cc1F. The van der Waals surface area contributed by atoms with Gasteiger partial charge in [0.05, 0.1) is 13.2 Å². The number of aryl methyl sites for hydroxylation is 1. The van der Waals surface area contributed by atoms with E-state index in [1.807, 2.05) is 11.0 Å². The van der Waals surface area contributed by atoms with E-state index in [0.29, 0.717) is 31.6 Å². The second-order valence-electron chi connectivity index (χ2n) is 4.69. The molecule has 0 saturated heterocycles. The summed E-state index contributed by atoms with van der Waals surface area (Å²) < 4.78 is 13.4. The predicted octanol–water partition coefficient (Wildman–Crippen LogP) is 0.811. The standard InChI is InChI=1S/C14H23FN2O2/c1-11-2-3-12(10-13(11)15)14(16)4-5-17(6-8-18)7-9-19/h2-3,10,14,18-19H,4-9,16H2,1H3. The minimum Gasteiger partial charge on any atom is -0.395 e. The Morgan fingerprint density at radius 1 is 1.21 bits per heavy atom. The lowest BCUT2D eigenvalue weighted by atomic mass is 10.0. The van der Waals surface area contributed by atoms with Gasteiger partial charge in [-0.15, -0.1) is 0 Å². The molecule has 5 heteroatoms. The van der Waals surface area contributed by atoms with E-state index in [9.17, 15) is 4.39 Å². The van der Waals surface area contributed by atoms with Gasteiger partial charge >= 0.3 is 0 Å². The average Bonchev–Trinajstić information content (AvgIpc) is 2.39. The van der Waals surface area contributed by atoms with Crippen LogP contribution in [0.15, 0.2) is 18.2 Å². The molecule has 0 aliphatic rings. The lowest BCUT2D eigenvalue weighted by molar-refractivity contribution is 0.157. The maximum atomic E-state index is 13.4. The molecular formula is C14H23FN2O2. The van der Waals surface area contributed by atoms with Crippen LogP contribution in [-0.4, -0.2) is 48.0 Å². The number of benzene rings is 1. The summed E-state index contributed by atoms with van der Waals surface area (Å²) in [5, 5.41) is 17.8. The van der Waals surface area contributed by atoms with E-state index in [4.69, 9.17) is 15.9 Å². The van der Waals surface area contributed by atoms with Crippen molar-refractivity contribution in [2.45, 2.75) is 19.4 Å². The van der Waals surface area contributed by atoms with Gasteiger partial charge in [-0.1, -0.05) is 12.1 Å². The van der Waals surface area contributed by atoms with Gasteiger partial charge in [0.2, 0.25) is 0 Å². The fourth-order valence-corrected chi connectivity index (χ4v) is 1.95. The Kier molecular flexibility index (Phi) is 6.94. The second-order valence-corrected chi connectivity index (χ2v) is 4.69. The van der Waals surface area contributed by atoms with Crippen LogP contribution in [0.2, 0.25) is 0 Å². The van der Waals surface area contributed by atoms with Crippen molar-refractivity contribution in [2.75, 3.05) is 32.8 Å². The van der Waals surface area contributed by atoms with Crippen LogP contribution in [0.3, 0.4) is 0 Å². The third-order valence-electron chi connectivity index (χ3n) is 3.21. The molecule has 1 aromatic rings. The molecule has 4 N–H and O–H groups in total. The molecule has 1 rings (SSSR count). The number of aliphatic hydroxyl groups excluding tert-OH is 2. The van der Waals surface area contributed by atoms with Crippen LogP contribution in [-0.2, 0) is 0 Å². The molecule has 108 valence electrons. The zero-order valence-corrected chi connectivity index (χ0v) is 11.3. The van der Waals surface area contributed by atoms with Crippen molar-refractivity contribution >= 4 is 0 Å². The fraction of sp³-hybridized carbons (Fsp3) is 0.571. The van der Waals surface area contributed by atoms with Crippen LogP contribution in [0.5, 0.6) is 0 Å². The molecule has 0 saturated carbocycles. The fourth-order valence-electron chi connectivity index (χ4n) is 1.95. The lowest BCUT2D eigenvalue weighted by Crippen LogP contribution is -2.32.